The number of fused-ring (bicyclic) bond motifs is 3. The molecule has 0 unspecified atom stereocenters. The highest BCUT2D eigenvalue weighted by Gasteiger charge is 2.13. The van der Waals surface area contributed by atoms with Gasteiger partial charge < -0.3 is 5.32 Å². The number of halogens is 1. The van der Waals surface area contributed by atoms with E-state index < -0.39 is 5.69 Å². The van der Waals surface area contributed by atoms with Crippen LogP contribution in [-0.2, 0) is 11.3 Å². The molecule has 2 heterocycles. The van der Waals surface area contributed by atoms with Gasteiger partial charge >= 0.3 is 5.69 Å². The molecular weight excluding hydrogens is 306 g/mol. The normalized spacial score (nSPS) is 11.2. The lowest BCUT2D eigenvalue weighted by molar-refractivity contribution is -0.121. The molecule has 0 radical (unpaired) electrons. The number of rotatable bonds is 4. The van der Waals surface area contributed by atoms with E-state index in [-0.39, 0.29) is 12.5 Å². The van der Waals surface area contributed by atoms with Crippen LogP contribution in [0.5, 0.6) is 0 Å². The van der Waals surface area contributed by atoms with Gasteiger partial charge in [-0.25, -0.2) is 18.9 Å². The Bertz CT molecular complexity index is 915. The summed E-state index contributed by atoms with van der Waals surface area (Å²) in [6.45, 7) is 2.42. The molecule has 0 aliphatic rings. The second-order valence-electron chi connectivity index (χ2n) is 4.89. The minimum atomic E-state index is -0.397. The van der Waals surface area contributed by atoms with Gasteiger partial charge in [-0.15, -0.1) is 5.10 Å². The Morgan fingerprint density at radius 2 is 2.23 bits per heavy atom. The summed E-state index contributed by atoms with van der Waals surface area (Å²) in [5.74, 6) is -0.243. The molecule has 7 nitrogen and oxygen atoms in total. The Hall–Kier alpha value is -2.41. The number of aromatic nitrogens is 4. The van der Waals surface area contributed by atoms with Gasteiger partial charge in [0.1, 0.15) is 12.9 Å². The number of hydrogen-bond donors (Lipinski definition) is 1. The number of hydrogen-bond acceptors (Lipinski definition) is 4. The summed E-state index contributed by atoms with van der Waals surface area (Å²) in [4.78, 5) is 28.2. The highest BCUT2D eigenvalue weighted by molar-refractivity contribution is 6.31. The van der Waals surface area contributed by atoms with Gasteiger partial charge in [0.15, 0.2) is 5.65 Å². The number of benzene rings is 1. The van der Waals surface area contributed by atoms with Crippen LogP contribution in [0.3, 0.4) is 0 Å². The molecule has 0 atom stereocenters. The van der Waals surface area contributed by atoms with E-state index >= 15 is 0 Å². The van der Waals surface area contributed by atoms with E-state index in [1.54, 1.807) is 18.2 Å². The van der Waals surface area contributed by atoms with Crippen molar-refractivity contribution >= 4 is 34.1 Å². The molecule has 8 heteroatoms. The van der Waals surface area contributed by atoms with Crippen molar-refractivity contribution in [1.82, 2.24) is 24.5 Å². The largest absolute Gasteiger partial charge is 0.355 e. The quantitative estimate of drug-likeness (QED) is 0.784. The molecule has 0 aliphatic heterocycles. The fourth-order valence-electron chi connectivity index (χ4n) is 2.19. The van der Waals surface area contributed by atoms with Gasteiger partial charge in [-0.3, -0.25) is 4.79 Å². The van der Waals surface area contributed by atoms with Crippen LogP contribution in [0.2, 0.25) is 5.02 Å². The van der Waals surface area contributed by atoms with Crippen LogP contribution in [0.25, 0.3) is 16.6 Å². The monoisotopic (exact) mass is 319 g/mol. The second kappa shape index (κ2) is 5.76. The summed E-state index contributed by atoms with van der Waals surface area (Å²) in [6, 6.07) is 5.17. The van der Waals surface area contributed by atoms with Crippen LogP contribution in [-0.4, -0.2) is 31.6 Å². The molecule has 1 aromatic carbocycles. The van der Waals surface area contributed by atoms with Gasteiger partial charge in [-0.1, -0.05) is 18.5 Å². The number of nitrogens with one attached hydrogen (secondary N) is 1. The summed E-state index contributed by atoms with van der Waals surface area (Å²) < 4.78 is 2.46. The first kappa shape index (κ1) is 14.5. The van der Waals surface area contributed by atoms with Crippen LogP contribution in [0.4, 0.5) is 0 Å². The maximum atomic E-state index is 12.3. The third-order valence-corrected chi connectivity index (χ3v) is 3.48. The summed E-state index contributed by atoms with van der Waals surface area (Å²) in [7, 11) is 0. The standard InChI is InChI=1S/C14H14ClN5O2/c1-2-5-16-12(21)7-20-14(22)19-8-17-11-6-9(15)3-4-10(11)13(19)18-20/h3-4,6,8H,2,5,7H2,1H3,(H,16,21). The van der Waals surface area contributed by atoms with Gasteiger partial charge in [0, 0.05) is 17.0 Å². The molecule has 0 aliphatic carbocycles. The van der Waals surface area contributed by atoms with Gasteiger partial charge in [0.05, 0.1) is 5.52 Å². The van der Waals surface area contributed by atoms with E-state index in [1.165, 1.54) is 10.7 Å². The Kier molecular flexibility index (Phi) is 3.81. The first-order valence-corrected chi connectivity index (χ1v) is 7.28. The first-order chi connectivity index (χ1) is 10.6. The zero-order chi connectivity index (χ0) is 15.7. The molecule has 2 aromatic heterocycles. The molecule has 3 rings (SSSR count). The molecule has 0 saturated heterocycles. The van der Waals surface area contributed by atoms with Crippen molar-refractivity contribution < 1.29 is 4.79 Å². The van der Waals surface area contributed by atoms with E-state index in [2.05, 4.69) is 15.4 Å². The molecule has 22 heavy (non-hydrogen) atoms. The minimum absolute atomic E-state index is 0.115. The van der Waals surface area contributed by atoms with Crippen molar-refractivity contribution in [2.45, 2.75) is 19.9 Å². The smallest absolute Gasteiger partial charge is 0.352 e. The van der Waals surface area contributed by atoms with Crippen molar-refractivity contribution in [1.29, 1.82) is 0 Å². The molecule has 0 saturated carbocycles. The molecule has 0 fully saturated rings. The molecule has 3 aromatic rings. The Morgan fingerprint density at radius 3 is 3.00 bits per heavy atom. The lowest BCUT2D eigenvalue weighted by Gasteiger charge is -2.01. The predicted octanol–water partition coefficient (Wildman–Crippen LogP) is 1.22. The topological polar surface area (TPSA) is 81.3 Å². The first-order valence-electron chi connectivity index (χ1n) is 6.90. The second-order valence-corrected chi connectivity index (χ2v) is 5.33. The lowest BCUT2D eigenvalue weighted by atomic mass is 10.2. The Morgan fingerprint density at radius 1 is 1.41 bits per heavy atom. The molecule has 0 bridgehead atoms. The highest BCUT2D eigenvalue weighted by atomic mass is 35.5. The highest BCUT2D eigenvalue weighted by Crippen LogP contribution is 2.19. The molecular formula is C14H14ClN5O2. The van der Waals surface area contributed by atoms with E-state index in [0.717, 1.165) is 11.1 Å². The summed E-state index contributed by atoms with van der Waals surface area (Å²) in [5, 5.41) is 8.22. The van der Waals surface area contributed by atoms with Crippen LogP contribution in [0.1, 0.15) is 13.3 Å². The summed E-state index contributed by atoms with van der Waals surface area (Å²) in [5.41, 5.74) is 0.702. The molecule has 1 N–H and O–H groups in total. The van der Waals surface area contributed by atoms with Crippen molar-refractivity contribution in [2.24, 2.45) is 0 Å². The van der Waals surface area contributed by atoms with Crippen molar-refractivity contribution in [3.63, 3.8) is 0 Å². The van der Waals surface area contributed by atoms with Crippen LogP contribution >= 0.6 is 11.6 Å². The van der Waals surface area contributed by atoms with E-state index in [9.17, 15) is 9.59 Å². The SMILES string of the molecule is CCCNC(=O)Cn1nc2c3ccc(Cl)cc3ncn2c1=O. The average Bonchev–Trinajstić information content (AvgIpc) is 2.81. The van der Waals surface area contributed by atoms with Crippen molar-refractivity contribution in [2.75, 3.05) is 6.54 Å². The molecule has 114 valence electrons. The number of carbonyl (C=O) groups excluding carboxylic acids is 1. The van der Waals surface area contributed by atoms with Gasteiger partial charge in [0.2, 0.25) is 5.91 Å². The molecule has 1 amide bonds. The van der Waals surface area contributed by atoms with E-state index in [1.807, 2.05) is 6.92 Å². The van der Waals surface area contributed by atoms with Crippen LogP contribution < -0.4 is 11.0 Å². The van der Waals surface area contributed by atoms with Crippen LogP contribution in [0.15, 0.2) is 29.3 Å². The van der Waals surface area contributed by atoms with Gasteiger partial charge in [-0.05, 0) is 24.6 Å². The minimum Gasteiger partial charge on any atom is -0.355 e. The third-order valence-electron chi connectivity index (χ3n) is 3.25. The predicted molar refractivity (Wildman–Crippen MR) is 83.1 cm³/mol. The summed E-state index contributed by atoms with van der Waals surface area (Å²) >= 11 is 5.94. The Balaban J connectivity index is 2.06. The number of nitrogens with zero attached hydrogens (tertiary/aromatic N) is 4. The fourth-order valence-corrected chi connectivity index (χ4v) is 2.35. The Labute approximate surface area is 130 Å². The fraction of sp³-hybridized carbons (Fsp3) is 0.286. The summed E-state index contributed by atoms with van der Waals surface area (Å²) in [6.07, 6.45) is 2.23. The van der Waals surface area contributed by atoms with Gasteiger partial charge in [-0.2, -0.15) is 0 Å². The maximum absolute atomic E-state index is 12.3. The number of carbonyl (C=O) groups is 1. The average molecular weight is 320 g/mol. The van der Waals surface area contributed by atoms with Crippen molar-refractivity contribution in [3.8, 4) is 0 Å². The van der Waals surface area contributed by atoms with Crippen molar-refractivity contribution in [3.05, 3.63) is 40.0 Å². The molecule has 0 spiro atoms. The number of amides is 1. The van der Waals surface area contributed by atoms with E-state index in [0.29, 0.717) is 28.1 Å². The lowest BCUT2D eigenvalue weighted by Crippen LogP contribution is -2.33. The maximum Gasteiger partial charge on any atom is 0.352 e. The third kappa shape index (κ3) is 2.55. The zero-order valence-electron chi connectivity index (χ0n) is 11.9. The van der Waals surface area contributed by atoms with Gasteiger partial charge in [0.25, 0.3) is 0 Å². The van der Waals surface area contributed by atoms with E-state index in [4.69, 9.17) is 11.6 Å². The zero-order valence-corrected chi connectivity index (χ0v) is 12.7. The van der Waals surface area contributed by atoms with Crippen LogP contribution in [0, 0.1) is 0 Å².